The van der Waals surface area contributed by atoms with E-state index in [2.05, 4.69) is 5.32 Å². The minimum atomic E-state index is -1.51. The Kier molecular flexibility index (Phi) is 3.68. The number of aliphatic carboxylic acids is 1. The van der Waals surface area contributed by atoms with Gasteiger partial charge in [0.15, 0.2) is 0 Å². The third-order valence-corrected chi connectivity index (χ3v) is 1.62. The van der Waals surface area contributed by atoms with Crippen molar-refractivity contribution in [3.8, 4) is 5.75 Å². The molecule has 0 saturated carbocycles. The molecule has 0 saturated heterocycles. The zero-order valence-corrected chi connectivity index (χ0v) is 8.19. The molecule has 5 heteroatoms. The van der Waals surface area contributed by atoms with E-state index in [9.17, 15) is 9.59 Å². The number of anilines is 1. The van der Waals surface area contributed by atoms with Gasteiger partial charge >= 0.3 is 11.9 Å². The number of amides is 1. The summed E-state index contributed by atoms with van der Waals surface area (Å²) in [5, 5.41) is 10.6. The molecule has 0 aliphatic carbocycles. The maximum absolute atomic E-state index is 10.8. The third-order valence-electron chi connectivity index (χ3n) is 1.62. The molecule has 1 aromatic carbocycles. The Bertz CT molecular complexity index is 358. The van der Waals surface area contributed by atoms with Crippen LogP contribution >= 0.6 is 0 Å². The van der Waals surface area contributed by atoms with Crippen LogP contribution in [-0.4, -0.2) is 23.6 Å². The lowest BCUT2D eigenvalue weighted by Gasteiger charge is -2.04. The predicted molar refractivity (Wildman–Crippen MR) is 53.9 cm³/mol. The van der Waals surface area contributed by atoms with Gasteiger partial charge in [-0.2, -0.15) is 0 Å². The monoisotopic (exact) mass is 209 g/mol. The molecule has 0 aliphatic rings. The second-order valence-electron chi connectivity index (χ2n) is 2.72. The highest BCUT2D eigenvalue weighted by Gasteiger charge is 2.10. The lowest BCUT2D eigenvalue weighted by atomic mass is 10.3. The van der Waals surface area contributed by atoms with Crippen LogP contribution in [0.1, 0.15) is 6.92 Å². The quantitative estimate of drug-likeness (QED) is 0.731. The van der Waals surface area contributed by atoms with E-state index < -0.39 is 11.9 Å². The molecule has 0 spiro atoms. The number of carbonyl (C=O) groups excluding carboxylic acids is 1. The van der Waals surface area contributed by atoms with Gasteiger partial charge in [-0.25, -0.2) is 4.79 Å². The van der Waals surface area contributed by atoms with Crippen LogP contribution in [0.2, 0.25) is 0 Å². The summed E-state index contributed by atoms with van der Waals surface area (Å²) in [6, 6.07) is 6.46. The molecule has 15 heavy (non-hydrogen) atoms. The Morgan fingerprint density at radius 3 is 2.40 bits per heavy atom. The first kappa shape index (κ1) is 11.0. The number of carbonyl (C=O) groups is 2. The van der Waals surface area contributed by atoms with Crippen LogP contribution in [0, 0.1) is 0 Å². The van der Waals surface area contributed by atoms with E-state index in [0.29, 0.717) is 18.0 Å². The zero-order valence-electron chi connectivity index (χ0n) is 8.19. The molecule has 2 N–H and O–H groups in total. The number of benzene rings is 1. The first-order chi connectivity index (χ1) is 7.13. The maximum Gasteiger partial charge on any atom is 0.394 e. The third kappa shape index (κ3) is 3.30. The minimum absolute atomic E-state index is 0.422. The summed E-state index contributed by atoms with van der Waals surface area (Å²) >= 11 is 0. The van der Waals surface area contributed by atoms with Crippen molar-refractivity contribution >= 4 is 17.6 Å². The van der Waals surface area contributed by atoms with Crippen molar-refractivity contribution < 1.29 is 19.4 Å². The van der Waals surface area contributed by atoms with Crippen LogP contribution in [0.3, 0.4) is 0 Å². The van der Waals surface area contributed by atoms with Crippen LogP contribution < -0.4 is 10.1 Å². The Labute approximate surface area is 86.7 Å². The zero-order chi connectivity index (χ0) is 11.3. The number of carboxylic acid groups (broad SMARTS) is 1. The lowest BCUT2D eigenvalue weighted by molar-refractivity contribution is -0.147. The molecular weight excluding hydrogens is 198 g/mol. The molecule has 0 aromatic heterocycles. The predicted octanol–water partition coefficient (Wildman–Crippen LogP) is 1.11. The molecule has 1 aromatic rings. The Morgan fingerprint density at radius 2 is 1.93 bits per heavy atom. The summed E-state index contributed by atoms with van der Waals surface area (Å²) in [6.07, 6.45) is 0. The van der Waals surface area contributed by atoms with Crippen molar-refractivity contribution in [1.29, 1.82) is 0 Å². The van der Waals surface area contributed by atoms with Gasteiger partial charge in [0, 0.05) is 5.69 Å². The highest BCUT2D eigenvalue weighted by atomic mass is 16.5. The number of rotatable bonds is 3. The smallest absolute Gasteiger partial charge is 0.394 e. The maximum atomic E-state index is 10.8. The molecule has 1 rings (SSSR count). The summed E-state index contributed by atoms with van der Waals surface area (Å²) in [6.45, 7) is 2.42. The van der Waals surface area contributed by atoms with Crippen molar-refractivity contribution in [2.75, 3.05) is 11.9 Å². The Morgan fingerprint density at radius 1 is 1.33 bits per heavy atom. The van der Waals surface area contributed by atoms with Gasteiger partial charge in [0.05, 0.1) is 6.61 Å². The first-order valence-electron chi connectivity index (χ1n) is 4.40. The number of ether oxygens (including phenoxy) is 1. The average molecular weight is 209 g/mol. The summed E-state index contributed by atoms with van der Waals surface area (Å²) in [7, 11) is 0. The van der Waals surface area contributed by atoms with Gasteiger partial charge in [0.25, 0.3) is 0 Å². The molecule has 0 radical (unpaired) electrons. The SMILES string of the molecule is CCOc1ccc(NC(=O)C(=O)O)cc1. The average Bonchev–Trinajstić information content (AvgIpc) is 2.21. The molecule has 80 valence electrons. The topological polar surface area (TPSA) is 75.6 Å². The number of carboxylic acids is 1. The normalized spacial score (nSPS) is 9.40. The Hall–Kier alpha value is -2.04. The fraction of sp³-hybridized carbons (Fsp3) is 0.200. The summed E-state index contributed by atoms with van der Waals surface area (Å²) < 4.78 is 5.18. The van der Waals surface area contributed by atoms with E-state index in [1.54, 1.807) is 24.3 Å². The first-order valence-corrected chi connectivity index (χ1v) is 4.40. The van der Waals surface area contributed by atoms with Gasteiger partial charge in [-0.1, -0.05) is 0 Å². The standard InChI is InChI=1S/C10H11NO4/c1-2-15-8-5-3-7(4-6-8)11-9(12)10(13)14/h3-6H,2H2,1H3,(H,11,12)(H,13,14). The van der Waals surface area contributed by atoms with Gasteiger partial charge in [0.1, 0.15) is 5.75 Å². The van der Waals surface area contributed by atoms with Crippen molar-refractivity contribution in [2.45, 2.75) is 6.92 Å². The van der Waals surface area contributed by atoms with E-state index in [1.807, 2.05) is 6.92 Å². The largest absolute Gasteiger partial charge is 0.494 e. The van der Waals surface area contributed by atoms with Crippen molar-refractivity contribution in [3.63, 3.8) is 0 Å². The highest BCUT2D eigenvalue weighted by molar-refractivity contribution is 6.36. The van der Waals surface area contributed by atoms with Crippen molar-refractivity contribution in [1.82, 2.24) is 0 Å². The van der Waals surface area contributed by atoms with Gasteiger partial charge in [-0.15, -0.1) is 0 Å². The molecule has 0 fully saturated rings. The number of hydrogen-bond acceptors (Lipinski definition) is 3. The van der Waals surface area contributed by atoms with Gasteiger partial charge < -0.3 is 15.2 Å². The van der Waals surface area contributed by atoms with Crippen LogP contribution in [0.5, 0.6) is 5.75 Å². The van der Waals surface area contributed by atoms with E-state index in [-0.39, 0.29) is 0 Å². The fourth-order valence-corrected chi connectivity index (χ4v) is 0.986. The van der Waals surface area contributed by atoms with Crippen LogP contribution in [0.25, 0.3) is 0 Å². The van der Waals surface area contributed by atoms with Crippen LogP contribution in [-0.2, 0) is 9.59 Å². The van der Waals surface area contributed by atoms with E-state index >= 15 is 0 Å². The van der Waals surface area contributed by atoms with E-state index in [4.69, 9.17) is 9.84 Å². The molecule has 0 heterocycles. The highest BCUT2D eigenvalue weighted by Crippen LogP contribution is 2.15. The van der Waals surface area contributed by atoms with Gasteiger partial charge in [-0.05, 0) is 31.2 Å². The molecule has 5 nitrogen and oxygen atoms in total. The summed E-state index contributed by atoms with van der Waals surface area (Å²) in [5.74, 6) is -1.89. The molecular formula is C10H11NO4. The van der Waals surface area contributed by atoms with Gasteiger partial charge in [-0.3, -0.25) is 4.79 Å². The molecule has 0 bridgehead atoms. The fourth-order valence-electron chi connectivity index (χ4n) is 0.986. The number of nitrogens with one attached hydrogen (secondary N) is 1. The molecule has 1 amide bonds. The van der Waals surface area contributed by atoms with Gasteiger partial charge in [0.2, 0.25) is 0 Å². The second-order valence-corrected chi connectivity index (χ2v) is 2.72. The molecule has 0 aliphatic heterocycles. The van der Waals surface area contributed by atoms with Crippen molar-refractivity contribution in [3.05, 3.63) is 24.3 Å². The van der Waals surface area contributed by atoms with E-state index in [1.165, 1.54) is 0 Å². The summed E-state index contributed by atoms with van der Waals surface area (Å²) in [5.41, 5.74) is 0.422. The Balaban J connectivity index is 2.64. The lowest BCUT2D eigenvalue weighted by Crippen LogP contribution is -2.21. The van der Waals surface area contributed by atoms with E-state index in [0.717, 1.165) is 0 Å². The summed E-state index contributed by atoms with van der Waals surface area (Å²) in [4.78, 5) is 21.0. The van der Waals surface area contributed by atoms with Crippen molar-refractivity contribution in [2.24, 2.45) is 0 Å². The van der Waals surface area contributed by atoms with Crippen LogP contribution in [0.4, 0.5) is 5.69 Å². The van der Waals surface area contributed by atoms with Crippen LogP contribution in [0.15, 0.2) is 24.3 Å². The molecule has 0 unspecified atom stereocenters. The number of hydrogen-bond donors (Lipinski definition) is 2. The minimum Gasteiger partial charge on any atom is -0.494 e. The second kappa shape index (κ2) is 4.99. The molecule has 0 atom stereocenters.